The van der Waals surface area contributed by atoms with Gasteiger partial charge < -0.3 is 19.9 Å². The van der Waals surface area contributed by atoms with Crippen molar-refractivity contribution in [2.75, 3.05) is 11.9 Å². The van der Waals surface area contributed by atoms with Crippen LogP contribution in [0.15, 0.2) is 12.1 Å². The van der Waals surface area contributed by atoms with E-state index >= 15 is 0 Å². The molecule has 174 valence electrons. The third-order valence-electron chi connectivity index (χ3n) is 5.61. The number of H-pyrrole nitrogens is 1. The lowest BCUT2D eigenvalue weighted by atomic mass is 10.0. The number of carbonyl (C=O) groups is 2. The van der Waals surface area contributed by atoms with Crippen LogP contribution in [0.25, 0.3) is 0 Å². The van der Waals surface area contributed by atoms with Gasteiger partial charge in [0.25, 0.3) is 5.91 Å². The first-order valence-electron chi connectivity index (χ1n) is 10.8. The van der Waals surface area contributed by atoms with Crippen LogP contribution < -0.4 is 5.32 Å². The van der Waals surface area contributed by atoms with E-state index < -0.39 is 11.6 Å². The van der Waals surface area contributed by atoms with E-state index in [1.807, 2.05) is 20.8 Å². The Bertz CT molecular complexity index is 989. The predicted molar refractivity (Wildman–Crippen MR) is 114 cm³/mol. The molecule has 11 nitrogen and oxygen atoms in total. The van der Waals surface area contributed by atoms with Crippen LogP contribution in [0.1, 0.15) is 68.0 Å². The van der Waals surface area contributed by atoms with Crippen LogP contribution in [-0.2, 0) is 23.1 Å². The van der Waals surface area contributed by atoms with E-state index in [0.717, 1.165) is 12.8 Å². The zero-order valence-electron chi connectivity index (χ0n) is 18.8. The molecule has 2 atom stereocenters. The Kier molecular flexibility index (Phi) is 5.95. The fraction of sp³-hybridized carbons (Fsp3) is 0.619. The smallest absolute Gasteiger partial charge is 0.408 e. The van der Waals surface area contributed by atoms with Crippen molar-refractivity contribution in [3.8, 4) is 0 Å². The molecule has 3 N–H and O–H groups in total. The molecule has 11 heteroatoms. The highest BCUT2D eigenvalue weighted by atomic mass is 16.5. The van der Waals surface area contributed by atoms with Crippen molar-refractivity contribution in [3.05, 3.63) is 29.2 Å². The monoisotopic (exact) mass is 446 g/mol. The maximum atomic E-state index is 12.7. The van der Waals surface area contributed by atoms with E-state index in [1.165, 1.54) is 9.58 Å². The van der Waals surface area contributed by atoms with Crippen molar-refractivity contribution in [2.45, 2.75) is 70.4 Å². The van der Waals surface area contributed by atoms with Gasteiger partial charge in [0.1, 0.15) is 11.8 Å². The number of anilines is 1. The van der Waals surface area contributed by atoms with Gasteiger partial charge in [-0.25, -0.2) is 4.79 Å². The van der Waals surface area contributed by atoms with Crippen LogP contribution >= 0.6 is 0 Å². The Balaban J connectivity index is 1.37. The van der Waals surface area contributed by atoms with Gasteiger partial charge in [0.2, 0.25) is 0 Å². The number of aromatic amines is 1. The number of rotatable bonds is 7. The highest BCUT2D eigenvalue weighted by Crippen LogP contribution is 2.34. The topological polar surface area (TPSA) is 135 Å². The summed E-state index contributed by atoms with van der Waals surface area (Å²) < 4.78 is 13.0. The van der Waals surface area contributed by atoms with E-state index in [-0.39, 0.29) is 18.1 Å². The zero-order chi connectivity index (χ0) is 23.0. The maximum absolute atomic E-state index is 12.7. The highest BCUT2D eigenvalue weighted by Gasteiger charge is 2.39. The molecule has 0 radical (unpaired) electrons. The van der Waals surface area contributed by atoms with Gasteiger partial charge in [-0.2, -0.15) is 10.2 Å². The van der Waals surface area contributed by atoms with Crippen LogP contribution in [0.5, 0.6) is 0 Å². The van der Waals surface area contributed by atoms with E-state index in [0.29, 0.717) is 48.6 Å². The van der Waals surface area contributed by atoms with Crippen LogP contribution in [0.2, 0.25) is 0 Å². The Labute approximate surface area is 186 Å². The lowest BCUT2D eigenvalue weighted by molar-refractivity contribution is 0.0571. The third kappa shape index (κ3) is 4.94. The number of aromatic nitrogens is 4. The van der Waals surface area contributed by atoms with Crippen LogP contribution in [0.3, 0.4) is 0 Å². The molecule has 2 fully saturated rings. The molecule has 2 aromatic rings. The lowest BCUT2D eigenvalue weighted by Crippen LogP contribution is -2.51. The molecule has 32 heavy (non-hydrogen) atoms. The largest absolute Gasteiger partial charge is 0.465 e. The SMILES string of the molecule is Cn1nc(COC2CC2)cc1C(=O)Nc1cc([C@@H]2C[C@H](N(C(=O)O)C(C)(C)C)CO2)[nH]n1. The summed E-state index contributed by atoms with van der Waals surface area (Å²) in [5, 5.41) is 23.8. The van der Waals surface area contributed by atoms with Crippen molar-refractivity contribution < 1.29 is 24.2 Å². The zero-order valence-corrected chi connectivity index (χ0v) is 18.8. The second-order valence-electron chi connectivity index (χ2n) is 9.35. The quantitative estimate of drug-likeness (QED) is 0.595. The number of amides is 2. The molecule has 0 spiro atoms. The molecular formula is C21H30N6O5. The Hall–Kier alpha value is -2.92. The molecule has 2 aliphatic rings. The second kappa shape index (κ2) is 8.55. The summed E-state index contributed by atoms with van der Waals surface area (Å²) in [6, 6.07) is 3.16. The molecule has 1 aliphatic carbocycles. The maximum Gasteiger partial charge on any atom is 0.408 e. The normalized spacial score (nSPS) is 21.0. The fourth-order valence-electron chi connectivity index (χ4n) is 3.99. The second-order valence-corrected chi connectivity index (χ2v) is 9.35. The first-order chi connectivity index (χ1) is 15.1. The van der Waals surface area contributed by atoms with Gasteiger partial charge in [-0.3, -0.25) is 19.5 Å². The molecule has 1 saturated carbocycles. The fourth-order valence-corrected chi connectivity index (χ4v) is 3.99. The van der Waals surface area contributed by atoms with Crippen molar-refractivity contribution >= 4 is 17.8 Å². The summed E-state index contributed by atoms with van der Waals surface area (Å²) >= 11 is 0. The third-order valence-corrected chi connectivity index (χ3v) is 5.61. The van der Waals surface area contributed by atoms with Crippen LogP contribution in [-0.4, -0.2) is 66.3 Å². The van der Waals surface area contributed by atoms with Gasteiger partial charge in [0.05, 0.1) is 36.7 Å². The minimum absolute atomic E-state index is 0.260. The van der Waals surface area contributed by atoms with Gasteiger partial charge >= 0.3 is 6.09 Å². The van der Waals surface area contributed by atoms with Crippen molar-refractivity contribution in [2.24, 2.45) is 7.05 Å². The predicted octanol–water partition coefficient (Wildman–Crippen LogP) is 2.68. The molecule has 3 heterocycles. The molecular weight excluding hydrogens is 416 g/mol. The molecule has 1 saturated heterocycles. The summed E-state index contributed by atoms with van der Waals surface area (Å²) in [7, 11) is 1.71. The summed E-state index contributed by atoms with van der Waals surface area (Å²) in [6.07, 6.45) is 1.69. The molecule has 0 aromatic carbocycles. The number of hydrogen-bond donors (Lipinski definition) is 3. The summed E-state index contributed by atoms with van der Waals surface area (Å²) in [5.41, 5.74) is 1.27. The number of carboxylic acid groups (broad SMARTS) is 1. The number of nitrogens with zero attached hydrogens (tertiary/aromatic N) is 4. The molecule has 2 amide bonds. The molecule has 1 aliphatic heterocycles. The number of ether oxygens (including phenoxy) is 2. The average molecular weight is 447 g/mol. The van der Waals surface area contributed by atoms with E-state index in [4.69, 9.17) is 9.47 Å². The summed E-state index contributed by atoms with van der Waals surface area (Å²) in [5.74, 6) is 0.0330. The Morgan fingerprint density at radius 1 is 1.38 bits per heavy atom. The van der Waals surface area contributed by atoms with Gasteiger partial charge in [-0.15, -0.1) is 0 Å². The van der Waals surface area contributed by atoms with Gasteiger partial charge in [0, 0.05) is 25.1 Å². The minimum Gasteiger partial charge on any atom is -0.465 e. The van der Waals surface area contributed by atoms with E-state index in [2.05, 4.69) is 20.6 Å². The molecule has 4 rings (SSSR count). The summed E-state index contributed by atoms with van der Waals surface area (Å²) in [6.45, 7) is 6.27. The number of aryl methyl sites for hydroxylation is 1. The first kappa shape index (κ1) is 22.3. The van der Waals surface area contributed by atoms with Crippen molar-refractivity contribution in [1.82, 2.24) is 24.9 Å². The number of hydrogen-bond acceptors (Lipinski definition) is 6. The van der Waals surface area contributed by atoms with Crippen molar-refractivity contribution in [1.29, 1.82) is 0 Å². The number of nitrogens with one attached hydrogen (secondary N) is 2. The van der Waals surface area contributed by atoms with E-state index in [9.17, 15) is 14.7 Å². The van der Waals surface area contributed by atoms with Gasteiger partial charge in [0.15, 0.2) is 5.82 Å². The summed E-state index contributed by atoms with van der Waals surface area (Å²) in [4.78, 5) is 25.8. The molecule has 0 unspecified atom stereocenters. The Morgan fingerprint density at radius 3 is 2.78 bits per heavy atom. The highest BCUT2D eigenvalue weighted by molar-refractivity contribution is 6.02. The standard InChI is InChI=1S/C21H30N6O5/c1-21(2,3)27(20(29)30)13-8-17(32-11-13)15-9-18(24-23-15)22-19(28)16-7-12(25-26(16)4)10-31-14-5-6-14/h7,9,13-14,17H,5-6,8,10-11H2,1-4H3,(H,29,30)(H2,22,23,24,28)/t13-,17-/m0/s1. The van der Waals surface area contributed by atoms with Crippen LogP contribution in [0.4, 0.5) is 10.6 Å². The Morgan fingerprint density at radius 2 is 2.12 bits per heavy atom. The van der Waals surface area contributed by atoms with Crippen LogP contribution in [0, 0.1) is 0 Å². The van der Waals surface area contributed by atoms with Gasteiger partial charge in [-0.1, -0.05) is 0 Å². The molecule has 0 bridgehead atoms. The average Bonchev–Trinajstić information content (AvgIpc) is 3.06. The van der Waals surface area contributed by atoms with Crippen molar-refractivity contribution in [3.63, 3.8) is 0 Å². The lowest BCUT2D eigenvalue weighted by Gasteiger charge is -2.37. The molecule has 2 aromatic heterocycles. The van der Waals surface area contributed by atoms with Gasteiger partial charge in [-0.05, 0) is 39.7 Å². The first-order valence-corrected chi connectivity index (χ1v) is 10.8. The van der Waals surface area contributed by atoms with E-state index in [1.54, 1.807) is 19.2 Å². The number of carbonyl (C=O) groups excluding carboxylic acids is 1. The minimum atomic E-state index is -0.970.